The number of rotatable bonds is 8. The van der Waals surface area contributed by atoms with Gasteiger partial charge in [0.2, 0.25) is 5.91 Å². The molecule has 1 N–H and O–H groups in total. The molecule has 2 aromatic carbocycles. The van der Waals surface area contributed by atoms with Gasteiger partial charge in [0.15, 0.2) is 0 Å². The molecule has 1 amide bonds. The minimum absolute atomic E-state index is 0.111. The summed E-state index contributed by atoms with van der Waals surface area (Å²) in [5, 5.41) is 2.68. The van der Waals surface area contributed by atoms with Gasteiger partial charge in [0, 0.05) is 26.6 Å². The summed E-state index contributed by atoms with van der Waals surface area (Å²) >= 11 is 0. The van der Waals surface area contributed by atoms with Crippen molar-refractivity contribution in [2.45, 2.75) is 46.2 Å². The van der Waals surface area contributed by atoms with Crippen LogP contribution in [-0.4, -0.2) is 24.4 Å². The van der Waals surface area contributed by atoms with Crippen molar-refractivity contribution >= 4 is 5.91 Å². The molecule has 0 fully saturated rings. The van der Waals surface area contributed by atoms with Crippen LogP contribution in [0.15, 0.2) is 60.7 Å². The fourth-order valence-electron chi connectivity index (χ4n) is 2.49. The van der Waals surface area contributed by atoms with Crippen molar-refractivity contribution in [2.75, 3.05) is 13.6 Å². The van der Waals surface area contributed by atoms with Crippen LogP contribution in [0.1, 0.15) is 44.2 Å². The molecule has 0 unspecified atom stereocenters. The Hall–Kier alpha value is -2.13. The van der Waals surface area contributed by atoms with Crippen LogP contribution in [0, 0.1) is 0 Å². The third kappa shape index (κ3) is 9.68. The highest BCUT2D eigenvalue weighted by molar-refractivity contribution is 5.75. The Morgan fingerprint density at radius 1 is 0.880 bits per heavy atom. The lowest BCUT2D eigenvalue weighted by molar-refractivity contribution is -0.120. The van der Waals surface area contributed by atoms with Crippen LogP contribution >= 0.6 is 0 Å². The maximum absolute atomic E-state index is 11.4. The summed E-state index contributed by atoms with van der Waals surface area (Å²) in [5.74, 6) is 0.111. The molecule has 0 aromatic heterocycles. The van der Waals surface area contributed by atoms with E-state index in [0.29, 0.717) is 6.42 Å². The molecule has 0 saturated heterocycles. The fraction of sp³-hybridized carbons (Fsp3) is 0.409. The third-order valence-corrected chi connectivity index (χ3v) is 3.66. The van der Waals surface area contributed by atoms with Gasteiger partial charge in [0.25, 0.3) is 0 Å². The molecule has 0 saturated carbocycles. The monoisotopic (exact) mass is 340 g/mol. The molecule has 0 spiro atoms. The number of hydrogen-bond donors (Lipinski definition) is 1. The molecular formula is C22H32N2O. The number of amides is 1. The first-order valence-corrected chi connectivity index (χ1v) is 9.20. The number of hydrogen-bond acceptors (Lipinski definition) is 2. The molecule has 2 aromatic rings. The first-order valence-electron chi connectivity index (χ1n) is 9.20. The summed E-state index contributed by atoms with van der Waals surface area (Å²) in [6.45, 7) is 6.98. The molecule has 0 aliphatic carbocycles. The number of nitrogens with one attached hydrogen (secondary N) is 1. The van der Waals surface area contributed by atoms with Gasteiger partial charge in [-0.05, 0) is 24.1 Å². The van der Waals surface area contributed by atoms with E-state index in [4.69, 9.17) is 0 Å². The van der Waals surface area contributed by atoms with Crippen molar-refractivity contribution in [1.29, 1.82) is 0 Å². The van der Waals surface area contributed by atoms with Gasteiger partial charge in [-0.2, -0.15) is 0 Å². The van der Waals surface area contributed by atoms with Gasteiger partial charge in [-0.3, -0.25) is 9.69 Å². The molecule has 0 radical (unpaired) electrons. The van der Waals surface area contributed by atoms with Gasteiger partial charge in [-0.15, -0.1) is 0 Å². The summed E-state index contributed by atoms with van der Waals surface area (Å²) in [6.07, 6.45) is 2.70. The first kappa shape index (κ1) is 20.9. The van der Waals surface area contributed by atoms with Gasteiger partial charge in [0.05, 0.1) is 0 Å². The zero-order valence-corrected chi connectivity index (χ0v) is 15.9. The van der Waals surface area contributed by atoms with E-state index in [1.807, 2.05) is 12.1 Å². The average molecular weight is 341 g/mol. The summed E-state index contributed by atoms with van der Waals surface area (Å²) < 4.78 is 0. The first-order chi connectivity index (χ1) is 12.2. The Labute approximate surface area is 153 Å². The lowest BCUT2D eigenvalue weighted by atomic mass is 10.1. The van der Waals surface area contributed by atoms with Gasteiger partial charge in [0.1, 0.15) is 0 Å². The topological polar surface area (TPSA) is 32.3 Å². The summed E-state index contributed by atoms with van der Waals surface area (Å²) in [7, 11) is 1.69. The van der Waals surface area contributed by atoms with Crippen LogP contribution in [0.25, 0.3) is 0 Å². The summed E-state index contributed by atoms with van der Waals surface area (Å²) in [6, 6.07) is 21.0. The van der Waals surface area contributed by atoms with E-state index in [9.17, 15) is 4.79 Å². The number of carbonyl (C=O) groups excluding carboxylic acids is 1. The van der Waals surface area contributed by atoms with Gasteiger partial charge in [-0.25, -0.2) is 0 Å². The second kappa shape index (κ2) is 13.2. The van der Waals surface area contributed by atoms with Crippen molar-refractivity contribution in [3.63, 3.8) is 0 Å². The largest absolute Gasteiger partial charge is 0.359 e. The van der Waals surface area contributed by atoms with Crippen LogP contribution in [0.5, 0.6) is 0 Å². The van der Waals surface area contributed by atoms with Gasteiger partial charge < -0.3 is 5.32 Å². The maximum atomic E-state index is 11.4. The Bertz CT molecular complexity index is 528. The molecule has 0 bridgehead atoms. The second-order valence-corrected chi connectivity index (χ2v) is 6.17. The zero-order valence-electron chi connectivity index (χ0n) is 15.9. The van der Waals surface area contributed by atoms with E-state index in [2.05, 4.69) is 72.6 Å². The molecule has 0 aliphatic rings. The normalized spacial score (nSPS) is 10.1. The molecule has 0 aliphatic heterocycles. The van der Waals surface area contributed by atoms with Crippen LogP contribution in [-0.2, 0) is 17.9 Å². The average Bonchev–Trinajstić information content (AvgIpc) is 2.64. The smallest absolute Gasteiger partial charge is 0.219 e. The number of nitrogens with zero attached hydrogens (tertiary/aromatic N) is 1. The standard InChI is InChI=1S/C19H24N2O.C3H8/c1-20-19(22)13-8-14-21(15-17-9-4-2-5-10-17)16-18-11-6-3-7-12-18;1-3-2/h2-7,9-12H,8,13-16H2,1H3,(H,20,22);3H2,1-2H3. The van der Waals surface area contributed by atoms with E-state index in [-0.39, 0.29) is 5.91 Å². The number of carbonyl (C=O) groups is 1. The highest BCUT2D eigenvalue weighted by Crippen LogP contribution is 2.11. The molecule has 136 valence electrons. The molecule has 3 nitrogen and oxygen atoms in total. The van der Waals surface area contributed by atoms with Crippen LogP contribution < -0.4 is 5.32 Å². The van der Waals surface area contributed by atoms with E-state index in [0.717, 1.165) is 26.1 Å². The fourth-order valence-corrected chi connectivity index (χ4v) is 2.49. The minimum atomic E-state index is 0.111. The van der Waals surface area contributed by atoms with Crippen molar-refractivity contribution < 1.29 is 4.79 Å². The quantitative estimate of drug-likeness (QED) is 0.760. The van der Waals surface area contributed by atoms with E-state index in [1.165, 1.54) is 17.5 Å². The van der Waals surface area contributed by atoms with Crippen molar-refractivity contribution in [3.8, 4) is 0 Å². The molecule has 3 heteroatoms. The minimum Gasteiger partial charge on any atom is -0.359 e. The molecular weight excluding hydrogens is 308 g/mol. The predicted molar refractivity (Wildman–Crippen MR) is 106 cm³/mol. The highest BCUT2D eigenvalue weighted by Gasteiger charge is 2.08. The highest BCUT2D eigenvalue weighted by atomic mass is 16.1. The van der Waals surface area contributed by atoms with E-state index >= 15 is 0 Å². The van der Waals surface area contributed by atoms with Crippen LogP contribution in [0.2, 0.25) is 0 Å². The molecule has 25 heavy (non-hydrogen) atoms. The Kier molecular flexibility index (Phi) is 11.0. The Morgan fingerprint density at radius 2 is 1.32 bits per heavy atom. The van der Waals surface area contributed by atoms with Crippen molar-refractivity contribution in [3.05, 3.63) is 71.8 Å². The van der Waals surface area contributed by atoms with Gasteiger partial charge >= 0.3 is 0 Å². The lowest BCUT2D eigenvalue weighted by Gasteiger charge is -2.22. The van der Waals surface area contributed by atoms with Crippen molar-refractivity contribution in [1.82, 2.24) is 10.2 Å². The third-order valence-electron chi connectivity index (χ3n) is 3.66. The van der Waals surface area contributed by atoms with E-state index < -0.39 is 0 Å². The van der Waals surface area contributed by atoms with Gasteiger partial charge in [-0.1, -0.05) is 80.9 Å². The summed E-state index contributed by atoms with van der Waals surface area (Å²) in [5.41, 5.74) is 2.61. The second-order valence-electron chi connectivity index (χ2n) is 6.17. The maximum Gasteiger partial charge on any atom is 0.219 e. The predicted octanol–water partition coefficient (Wildman–Crippen LogP) is 4.63. The van der Waals surface area contributed by atoms with Crippen LogP contribution in [0.4, 0.5) is 0 Å². The zero-order chi connectivity index (χ0) is 18.3. The Morgan fingerprint density at radius 3 is 1.72 bits per heavy atom. The lowest BCUT2D eigenvalue weighted by Crippen LogP contribution is -2.26. The van der Waals surface area contributed by atoms with Crippen LogP contribution in [0.3, 0.4) is 0 Å². The van der Waals surface area contributed by atoms with Crippen molar-refractivity contribution in [2.24, 2.45) is 0 Å². The SMILES string of the molecule is CCC.CNC(=O)CCCN(Cc1ccccc1)Cc1ccccc1. The Balaban J connectivity index is 0.000000970. The summed E-state index contributed by atoms with van der Waals surface area (Å²) in [4.78, 5) is 13.8. The molecule has 0 atom stereocenters. The van der Waals surface area contributed by atoms with E-state index in [1.54, 1.807) is 7.05 Å². The number of benzene rings is 2. The molecule has 2 rings (SSSR count). The molecule has 0 heterocycles.